The average molecular weight is 195 g/mol. The number of hydrogen-bond donors (Lipinski definition) is 3. The van der Waals surface area contributed by atoms with Gasteiger partial charge in [0.15, 0.2) is 0 Å². The highest BCUT2D eigenvalue weighted by Crippen LogP contribution is 2.35. The molecule has 0 bridgehead atoms. The van der Waals surface area contributed by atoms with Gasteiger partial charge in [-0.1, -0.05) is 12.2 Å². The lowest BCUT2D eigenvalue weighted by Crippen LogP contribution is -2.24. The molecule has 6 heteroatoms. The number of phosphoric ester groups is 1. The molecule has 0 radical (unpaired) electrons. The van der Waals surface area contributed by atoms with E-state index in [0.29, 0.717) is 6.42 Å². The minimum atomic E-state index is -4.36. The lowest BCUT2D eigenvalue weighted by molar-refractivity contribution is 0.186. The highest BCUT2D eigenvalue weighted by Gasteiger charge is 2.15. The molecule has 1 atom stereocenters. The van der Waals surface area contributed by atoms with Gasteiger partial charge < -0.3 is 15.5 Å². The van der Waals surface area contributed by atoms with Gasteiger partial charge in [0.1, 0.15) is 0 Å². The maximum atomic E-state index is 10.2. The Bertz CT molecular complexity index is 188. The summed E-state index contributed by atoms with van der Waals surface area (Å²) >= 11 is 0. The maximum absolute atomic E-state index is 10.2. The van der Waals surface area contributed by atoms with E-state index < -0.39 is 7.82 Å². The van der Waals surface area contributed by atoms with Crippen LogP contribution in [0.4, 0.5) is 0 Å². The first-order valence-electron chi connectivity index (χ1n) is 3.52. The molecule has 0 aromatic heterocycles. The summed E-state index contributed by atoms with van der Waals surface area (Å²) in [5, 5.41) is 0. The van der Waals surface area contributed by atoms with E-state index in [-0.39, 0.29) is 12.6 Å². The molecule has 0 saturated carbocycles. The zero-order valence-electron chi connectivity index (χ0n) is 6.88. The largest absolute Gasteiger partial charge is 0.469 e. The van der Waals surface area contributed by atoms with Gasteiger partial charge in [-0.25, -0.2) is 4.57 Å². The van der Waals surface area contributed by atoms with Gasteiger partial charge in [-0.15, -0.1) is 0 Å². The fraction of sp³-hybridized carbons (Fsp3) is 0.667. The van der Waals surface area contributed by atoms with Crippen molar-refractivity contribution in [1.29, 1.82) is 0 Å². The van der Waals surface area contributed by atoms with Gasteiger partial charge in [0, 0.05) is 6.04 Å². The standard InChI is InChI=1S/C6H14NO4P/c1-2-3-4-6(7)5-11-12(8,9)10/h2-3,6H,4-5,7H2,1H3,(H2,8,9,10)/b3-2+. The van der Waals surface area contributed by atoms with E-state index >= 15 is 0 Å². The lowest BCUT2D eigenvalue weighted by atomic mass is 10.2. The quantitative estimate of drug-likeness (QED) is 0.436. The van der Waals surface area contributed by atoms with Gasteiger partial charge >= 0.3 is 7.82 Å². The molecule has 5 nitrogen and oxygen atoms in total. The second-order valence-corrected chi connectivity index (χ2v) is 3.59. The highest BCUT2D eigenvalue weighted by molar-refractivity contribution is 7.46. The van der Waals surface area contributed by atoms with Gasteiger partial charge in [0.2, 0.25) is 0 Å². The van der Waals surface area contributed by atoms with E-state index in [1.165, 1.54) is 0 Å². The fourth-order valence-corrected chi connectivity index (χ4v) is 0.957. The van der Waals surface area contributed by atoms with E-state index in [1.807, 2.05) is 19.1 Å². The molecule has 0 saturated heterocycles. The van der Waals surface area contributed by atoms with Crippen molar-refractivity contribution in [1.82, 2.24) is 0 Å². The van der Waals surface area contributed by atoms with Crippen LogP contribution in [-0.4, -0.2) is 22.4 Å². The molecule has 0 fully saturated rings. The van der Waals surface area contributed by atoms with Crippen LogP contribution in [0.5, 0.6) is 0 Å². The molecule has 1 unspecified atom stereocenters. The number of rotatable bonds is 5. The van der Waals surface area contributed by atoms with Crippen molar-refractivity contribution in [2.75, 3.05) is 6.61 Å². The van der Waals surface area contributed by atoms with Crippen molar-refractivity contribution in [3.8, 4) is 0 Å². The Labute approximate surface area is 71.5 Å². The molecule has 0 aromatic carbocycles. The molecule has 4 N–H and O–H groups in total. The molecule has 0 aliphatic heterocycles. The molecule has 0 aromatic rings. The minimum Gasteiger partial charge on any atom is -0.325 e. The monoisotopic (exact) mass is 195 g/mol. The van der Waals surface area contributed by atoms with Crippen LogP contribution in [0.3, 0.4) is 0 Å². The van der Waals surface area contributed by atoms with Gasteiger partial charge in [0.25, 0.3) is 0 Å². The summed E-state index contributed by atoms with van der Waals surface area (Å²) in [5.41, 5.74) is 5.45. The van der Waals surface area contributed by atoms with Crippen molar-refractivity contribution < 1.29 is 18.9 Å². The van der Waals surface area contributed by atoms with Crippen molar-refractivity contribution in [2.45, 2.75) is 19.4 Å². The Balaban J connectivity index is 3.57. The van der Waals surface area contributed by atoms with Crippen molar-refractivity contribution in [2.24, 2.45) is 5.73 Å². The van der Waals surface area contributed by atoms with E-state index in [0.717, 1.165) is 0 Å². The number of nitrogens with two attached hydrogens (primary N) is 1. The molecule has 0 aliphatic rings. The number of allylic oxidation sites excluding steroid dienone is 1. The molecule has 0 spiro atoms. The Hall–Kier alpha value is -0.190. The van der Waals surface area contributed by atoms with E-state index in [1.54, 1.807) is 0 Å². The third-order valence-corrected chi connectivity index (χ3v) is 1.62. The fourth-order valence-electron chi connectivity index (χ4n) is 0.572. The van der Waals surface area contributed by atoms with Crippen LogP contribution >= 0.6 is 7.82 Å². The second kappa shape index (κ2) is 5.45. The van der Waals surface area contributed by atoms with Gasteiger partial charge in [0.05, 0.1) is 6.61 Å². The second-order valence-electron chi connectivity index (χ2n) is 2.35. The molecule has 12 heavy (non-hydrogen) atoms. The molecular weight excluding hydrogens is 181 g/mol. The summed E-state index contributed by atoms with van der Waals surface area (Å²) in [4.78, 5) is 16.6. The van der Waals surface area contributed by atoms with Crippen LogP contribution in [0.1, 0.15) is 13.3 Å². The van der Waals surface area contributed by atoms with Crippen molar-refractivity contribution in [3.05, 3.63) is 12.2 Å². The van der Waals surface area contributed by atoms with Gasteiger partial charge in [-0.2, -0.15) is 0 Å². The summed E-state index contributed by atoms with van der Waals surface area (Å²) in [6, 6.07) is -0.367. The lowest BCUT2D eigenvalue weighted by Gasteiger charge is -2.09. The summed E-state index contributed by atoms with van der Waals surface area (Å²) in [7, 11) is -4.36. The zero-order chi connectivity index (χ0) is 9.61. The Morgan fingerprint density at radius 2 is 2.25 bits per heavy atom. The van der Waals surface area contributed by atoms with Crippen LogP contribution in [-0.2, 0) is 9.09 Å². The SMILES string of the molecule is C/C=C/CC(N)COP(=O)(O)O. The molecule has 0 aliphatic carbocycles. The highest BCUT2D eigenvalue weighted by atomic mass is 31.2. The minimum absolute atomic E-state index is 0.130. The van der Waals surface area contributed by atoms with E-state index in [2.05, 4.69) is 4.52 Å². The van der Waals surface area contributed by atoms with Gasteiger partial charge in [-0.3, -0.25) is 4.52 Å². The van der Waals surface area contributed by atoms with Gasteiger partial charge in [-0.05, 0) is 13.3 Å². The topological polar surface area (TPSA) is 92.8 Å². The smallest absolute Gasteiger partial charge is 0.325 e. The summed E-state index contributed by atoms with van der Waals surface area (Å²) in [6.45, 7) is 1.71. The third kappa shape index (κ3) is 7.91. The first-order valence-corrected chi connectivity index (χ1v) is 5.05. The Morgan fingerprint density at radius 3 is 2.67 bits per heavy atom. The van der Waals surface area contributed by atoms with Crippen LogP contribution < -0.4 is 5.73 Å². The summed E-state index contributed by atoms with van der Waals surface area (Å²) < 4.78 is 14.4. The normalized spacial score (nSPS) is 15.3. The Morgan fingerprint density at radius 1 is 1.67 bits per heavy atom. The first-order chi connectivity index (χ1) is 5.45. The zero-order valence-corrected chi connectivity index (χ0v) is 7.78. The maximum Gasteiger partial charge on any atom is 0.469 e. The molecule has 72 valence electrons. The summed E-state index contributed by atoms with van der Waals surface area (Å²) in [6.07, 6.45) is 4.18. The number of phosphoric acid groups is 1. The molecular formula is C6H14NO4P. The van der Waals surface area contributed by atoms with Crippen LogP contribution in [0.2, 0.25) is 0 Å². The Kier molecular flexibility index (Phi) is 5.37. The van der Waals surface area contributed by atoms with E-state index in [4.69, 9.17) is 15.5 Å². The first kappa shape index (κ1) is 11.8. The van der Waals surface area contributed by atoms with Crippen molar-refractivity contribution in [3.63, 3.8) is 0 Å². The van der Waals surface area contributed by atoms with Crippen LogP contribution in [0.25, 0.3) is 0 Å². The number of hydrogen-bond acceptors (Lipinski definition) is 3. The third-order valence-electron chi connectivity index (χ3n) is 1.13. The van der Waals surface area contributed by atoms with Crippen LogP contribution in [0.15, 0.2) is 12.2 Å². The van der Waals surface area contributed by atoms with E-state index in [9.17, 15) is 4.57 Å². The molecule has 0 amide bonds. The summed E-state index contributed by atoms with van der Waals surface area (Å²) in [5.74, 6) is 0. The molecule has 0 heterocycles. The predicted molar refractivity (Wildman–Crippen MR) is 45.4 cm³/mol. The average Bonchev–Trinajstić information content (AvgIpc) is 1.95. The van der Waals surface area contributed by atoms with Crippen LogP contribution in [0, 0.1) is 0 Å². The van der Waals surface area contributed by atoms with Crippen molar-refractivity contribution >= 4 is 7.82 Å². The predicted octanol–water partition coefficient (Wildman–Crippen LogP) is 0.389. The molecule has 0 rings (SSSR count).